The summed E-state index contributed by atoms with van der Waals surface area (Å²) in [5.41, 5.74) is 3.88. The van der Waals surface area contributed by atoms with Gasteiger partial charge in [0.15, 0.2) is 0 Å². The van der Waals surface area contributed by atoms with Gasteiger partial charge in [-0.1, -0.05) is 29.8 Å². The maximum absolute atomic E-state index is 12.7. The number of rotatable bonds is 5. The Morgan fingerprint density at radius 3 is 2.61 bits per heavy atom. The number of carbonyl (C=O) groups excluding carboxylic acids is 2. The minimum absolute atomic E-state index is 0.0614. The molecule has 2 aromatic carbocycles. The number of nitrogens with zero attached hydrogens (tertiary/aromatic N) is 3. The van der Waals surface area contributed by atoms with Crippen LogP contribution in [0.25, 0.3) is 0 Å². The van der Waals surface area contributed by atoms with Gasteiger partial charge >= 0.3 is 6.09 Å². The number of anilines is 1. The third-order valence-corrected chi connectivity index (χ3v) is 5.93. The molecular weight excluding hydrogens is 416 g/mol. The van der Waals surface area contributed by atoms with E-state index in [0.717, 1.165) is 16.8 Å². The van der Waals surface area contributed by atoms with Gasteiger partial charge in [0.2, 0.25) is 5.91 Å². The van der Waals surface area contributed by atoms with E-state index in [1.807, 2.05) is 43.5 Å². The molecule has 1 unspecified atom stereocenters. The van der Waals surface area contributed by atoms with Crippen molar-refractivity contribution < 1.29 is 14.3 Å². The van der Waals surface area contributed by atoms with E-state index in [1.54, 1.807) is 17.0 Å². The molecule has 0 spiro atoms. The van der Waals surface area contributed by atoms with Gasteiger partial charge in [0.05, 0.1) is 12.6 Å². The van der Waals surface area contributed by atoms with Crippen molar-refractivity contribution in [3.8, 4) is 0 Å². The number of hydrogen-bond acceptors (Lipinski definition) is 5. The van der Waals surface area contributed by atoms with Crippen LogP contribution in [-0.2, 0) is 22.7 Å². The first-order valence-electron chi connectivity index (χ1n) is 10.3. The quantitative estimate of drug-likeness (QED) is 0.771. The molecule has 0 saturated carbocycles. The fourth-order valence-electron chi connectivity index (χ4n) is 3.70. The van der Waals surface area contributed by atoms with Crippen LogP contribution in [0.5, 0.6) is 0 Å². The molecule has 1 atom stereocenters. The Morgan fingerprint density at radius 2 is 1.87 bits per heavy atom. The molecule has 1 N–H and O–H groups in total. The van der Waals surface area contributed by atoms with Gasteiger partial charge in [-0.25, -0.2) is 4.79 Å². The van der Waals surface area contributed by atoms with Crippen molar-refractivity contribution in [2.75, 3.05) is 31.5 Å². The smallest absolute Gasteiger partial charge is 0.410 e. The van der Waals surface area contributed by atoms with Crippen molar-refractivity contribution in [2.45, 2.75) is 26.1 Å². The highest BCUT2D eigenvalue weighted by Crippen LogP contribution is 2.20. The number of amides is 2. The molecule has 0 aliphatic carbocycles. The van der Waals surface area contributed by atoms with Crippen molar-refractivity contribution in [1.82, 2.24) is 9.80 Å². The summed E-state index contributed by atoms with van der Waals surface area (Å²) in [5.74, 6) is -0.0614. The fraction of sp³-hybridized carbons (Fsp3) is 0.348. The second-order valence-electron chi connectivity index (χ2n) is 7.75. The lowest BCUT2D eigenvalue weighted by Crippen LogP contribution is -2.54. The molecule has 0 aromatic heterocycles. The second kappa shape index (κ2) is 9.49. The molecule has 2 aliphatic rings. The predicted molar refractivity (Wildman–Crippen MR) is 121 cm³/mol. The van der Waals surface area contributed by atoms with Crippen molar-refractivity contribution in [3.05, 3.63) is 64.2 Å². The highest BCUT2D eigenvalue weighted by Gasteiger charge is 2.28. The molecule has 0 radical (unpaired) electrons. The summed E-state index contributed by atoms with van der Waals surface area (Å²) in [7, 11) is 0. The average molecular weight is 441 g/mol. The SMILES string of the molecule is CC(C(=O)Nc1ccc2c(c1)C=NC2)N1CCN(C(=O)OCc2ccc(Cl)cc2)CC1. The van der Waals surface area contributed by atoms with Crippen LogP contribution in [0, 0.1) is 0 Å². The number of carbonyl (C=O) groups is 2. The van der Waals surface area contributed by atoms with Gasteiger partial charge in [-0.3, -0.25) is 14.7 Å². The first-order chi connectivity index (χ1) is 15.0. The third kappa shape index (κ3) is 5.24. The number of nitrogens with one attached hydrogen (secondary N) is 1. The van der Waals surface area contributed by atoms with E-state index in [-0.39, 0.29) is 24.6 Å². The van der Waals surface area contributed by atoms with Crippen LogP contribution in [0.3, 0.4) is 0 Å². The molecule has 31 heavy (non-hydrogen) atoms. The molecule has 0 bridgehead atoms. The van der Waals surface area contributed by atoms with Crippen LogP contribution in [0.15, 0.2) is 47.5 Å². The zero-order valence-electron chi connectivity index (χ0n) is 17.4. The molecule has 2 amide bonds. The molecule has 2 aromatic rings. The van der Waals surface area contributed by atoms with E-state index in [2.05, 4.69) is 15.2 Å². The monoisotopic (exact) mass is 440 g/mol. The number of aliphatic imine (C=N–C) groups is 1. The summed E-state index contributed by atoms with van der Waals surface area (Å²) >= 11 is 5.87. The molecular formula is C23H25ClN4O3. The Morgan fingerprint density at radius 1 is 1.13 bits per heavy atom. The fourth-order valence-corrected chi connectivity index (χ4v) is 3.83. The minimum Gasteiger partial charge on any atom is -0.445 e. The van der Waals surface area contributed by atoms with E-state index in [4.69, 9.17) is 16.3 Å². The van der Waals surface area contributed by atoms with Crippen LogP contribution in [0.2, 0.25) is 5.02 Å². The summed E-state index contributed by atoms with van der Waals surface area (Å²) in [6.07, 6.45) is 1.49. The van der Waals surface area contributed by atoms with Crippen LogP contribution < -0.4 is 5.32 Å². The van der Waals surface area contributed by atoms with Crippen molar-refractivity contribution in [1.29, 1.82) is 0 Å². The third-order valence-electron chi connectivity index (χ3n) is 5.68. The lowest BCUT2D eigenvalue weighted by molar-refractivity contribution is -0.121. The van der Waals surface area contributed by atoms with E-state index in [9.17, 15) is 9.59 Å². The molecule has 2 aliphatic heterocycles. The van der Waals surface area contributed by atoms with Crippen LogP contribution >= 0.6 is 11.6 Å². The second-order valence-corrected chi connectivity index (χ2v) is 8.19. The molecule has 4 rings (SSSR count). The number of piperazine rings is 1. The highest BCUT2D eigenvalue weighted by molar-refractivity contribution is 6.30. The zero-order chi connectivity index (χ0) is 21.8. The summed E-state index contributed by atoms with van der Waals surface area (Å²) in [4.78, 5) is 33.1. The van der Waals surface area contributed by atoms with Gasteiger partial charge in [-0.15, -0.1) is 0 Å². The van der Waals surface area contributed by atoms with E-state index in [1.165, 1.54) is 5.56 Å². The van der Waals surface area contributed by atoms with Crippen LogP contribution in [0.4, 0.5) is 10.5 Å². The van der Waals surface area contributed by atoms with Gasteiger partial charge < -0.3 is 15.0 Å². The van der Waals surface area contributed by atoms with Gasteiger partial charge in [0.25, 0.3) is 0 Å². The van der Waals surface area contributed by atoms with E-state index < -0.39 is 0 Å². The molecule has 2 heterocycles. The standard InChI is InChI=1S/C23H25ClN4O3/c1-16(22(29)26-21-7-4-18-13-25-14-19(18)12-21)27-8-10-28(11-9-27)23(30)31-15-17-2-5-20(24)6-3-17/h2-7,12,14,16H,8-11,13,15H2,1H3,(H,26,29). The van der Waals surface area contributed by atoms with Gasteiger partial charge in [0, 0.05) is 43.1 Å². The summed E-state index contributed by atoms with van der Waals surface area (Å²) < 4.78 is 5.40. The topological polar surface area (TPSA) is 74.2 Å². The van der Waals surface area contributed by atoms with Crippen LogP contribution in [0.1, 0.15) is 23.6 Å². The Labute approximate surface area is 186 Å². The maximum atomic E-state index is 12.7. The molecule has 7 nitrogen and oxygen atoms in total. The Kier molecular flexibility index (Phi) is 6.53. The van der Waals surface area contributed by atoms with Crippen molar-refractivity contribution in [2.24, 2.45) is 4.99 Å². The first-order valence-corrected chi connectivity index (χ1v) is 10.7. The number of ether oxygens (including phenoxy) is 1. The molecule has 162 valence electrons. The number of fused-ring (bicyclic) bond motifs is 1. The Bertz CT molecular complexity index is 985. The Hall–Kier alpha value is -2.90. The first kappa shape index (κ1) is 21.3. The van der Waals surface area contributed by atoms with Gasteiger partial charge in [-0.05, 0) is 47.9 Å². The van der Waals surface area contributed by atoms with Crippen molar-refractivity contribution in [3.63, 3.8) is 0 Å². The lowest BCUT2D eigenvalue weighted by Gasteiger charge is -2.36. The zero-order valence-corrected chi connectivity index (χ0v) is 18.1. The average Bonchev–Trinajstić information content (AvgIpc) is 3.26. The van der Waals surface area contributed by atoms with E-state index in [0.29, 0.717) is 37.7 Å². The molecule has 8 heteroatoms. The maximum Gasteiger partial charge on any atom is 0.410 e. The van der Waals surface area contributed by atoms with Gasteiger partial charge in [-0.2, -0.15) is 0 Å². The summed E-state index contributed by atoms with van der Waals surface area (Å²) in [6.45, 7) is 5.06. The summed E-state index contributed by atoms with van der Waals surface area (Å²) in [6, 6.07) is 12.8. The van der Waals surface area contributed by atoms with E-state index >= 15 is 0 Å². The van der Waals surface area contributed by atoms with Crippen molar-refractivity contribution >= 4 is 35.5 Å². The lowest BCUT2D eigenvalue weighted by atomic mass is 10.1. The largest absolute Gasteiger partial charge is 0.445 e. The molecule has 1 fully saturated rings. The van der Waals surface area contributed by atoms with Crippen LogP contribution in [-0.4, -0.2) is 60.2 Å². The normalized spacial score (nSPS) is 16.6. The number of benzene rings is 2. The number of hydrogen-bond donors (Lipinski definition) is 1. The predicted octanol–water partition coefficient (Wildman–Crippen LogP) is 3.55. The summed E-state index contributed by atoms with van der Waals surface area (Å²) in [5, 5.41) is 3.64. The minimum atomic E-state index is -0.341. The Balaban J connectivity index is 1.23. The molecule has 1 saturated heterocycles. The highest BCUT2D eigenvalue weighted by atomic mass is 35.5. The van der Waals surface area contributed by atoms with Gasteiger partial charge in [0.1, 0.15) is 6.61 Å². The number of halogens is 1.